The number of piperidine rings is 1. The van der Waals surface area contributed by atoms with Crippen LogP contribution in [0.3, 0.4) is 0 Å². The molecule has 1 fully saturated rings. The van der Waals surface area contributed by atoms with Crippen LogP contribution in [-0.2, 0) is 0 Å². The Morgan fingerprint density at radius 1 is 1.12 bits per heavy atom. The molecule has 1 N–H and O–H groups in total. The Kier molecular flexibility index (Phi) is 3.86. The summed E-state index contributed by atoms with van der Waals surface area (Å²) < 4.78 is 0. The second kappa shape index (κ2) is 5.59. The molecule has 0 aliphatic carbocycles. The molecule has 0 atom stereocenters. The molecule has 0 aromatic heterocycles. The molecule has 1 heterocycles. The number of nitrogens with zero attached hydrogens (tertiary/aromatic N) is 1. The SMILES string of the molecule is C=CCNc1ccc(N2CCCCC2)cc1. The highest BCUT2D eigenvalue weighted by Gasteiger charge is 2.10. The van der Waals surface area contributed by atoms with Crippen molar-refractivity contribution in [3.05, 3.63) is 36.9 Å². The maximum absolute atomic E-state index is 3.70. The Hall–Kier alpha value is -1.44. The lowest BCUT2D eigenvalue weighted by Crippen LogP contribution is -2.29. The van der Waals surface area contributed by atoms with Gasteiger partial charge >= 0.3 is 0 Å². The zero-order chi connectivity index (χ0) is 11.2. The monoisotopic (exact) mass is 216 g/mol. The van der Waals surface area contributed by atoms with Gasteiger partial charge in [0.15, 0.2) is 0 Å². The van der Waals surface area contributed by atoms with Crippen molar-refractivity contribution in [2.45, 2.75) is 19.3 Å². The van der Waals surface area contributed by atoms with Gasteiger partial charge in [0.2, 0.25) is 0 Å². The van der Waals surface area contributed by atoms with Gasteiger partial charge in [0.25, 0.3) is 0 Å². The third-order valence-electron chi connectivity index (χ3n) is 3.04. The summed E-state index contributed by atoms with van der Waals surface area (Å²) in [5, 5.41) is 3.29. The van der Waals surface area contributed by atoms with Crippen molar-refractivity contribution in [2.24, 2.45) is 0 Å². The second-order valence-electron chi connectivity index (χ2n) is 4.26. The molecule has 2 rings (SSSR count). The number of anilines is 2. The predicted molar refractivity (Wildman–Crippen MR) is 71.2 cm³/mol. The van der Waals surface area contributed by atoms with Crippen molar-refractivity contribution in [1.82, 2.24) is 0 Å². The smallest absolute Gasteiger partial charge is 0.0367 e. The molecule has 2 heteroatoms. The van der Waals surface area contributed by atoms with Crippen LogP contribution in [0, 0.1) is 0 Å². The molecule has 0 amide bonds. The molecule has 0 radical (unpaired) electrons. The third kappa shape index (κ3) is 2.78. The number of hydrogen-bond acceptors (Lipinski definition) is 2. The number of nitrogens with one attached hydrogen (secondary N) is 1. The van der Waals surface area contributed by atoms with Gasteiger partial charge in [0, 0.05) is 31.0 Å². The van der Waals surface area contributed by atoms with Crippen LogP contribution in [-0.4, -0.2) is 19.6 Å². The van der Waals surface area contributed by atoms with Crippen LogP contribution in [0.2, 0.25) is 0 Å². The normalized spacial score (nSPS) is 15.9. The Bertz CT molecular complexity index is 323. The van der Waals surface area contributed by atoms with Crippen LogP contribution >= 0.6 is 0 Å². The summed E-state index contributed by atoms with van der Waals surface area (Å²) >= 11 is 0. The summed E-state index contributed by atoms with van der Waals surface area (Å²) in [5.74, 6) is 0. The highest BCUT2D eigenvalue weighted by atomic mass is 15.1. The summed E-state index contributed by atoms with van der Waals surface area (Å²) in [6, 6.07) is 8.70. The summed E-state index contributed by atoms with van der Waals surface area (Å²) in [4.78, 5) is 2.47. The van der Waals surface area contributed by atoms with E-state index in [0.717, 1.165) is 6.54 Å². The lowest BCUT2D eigenvalue weighted by Gasteiger charge is -2.28. The van der Waals surface area contributed by atoms with E-state index in [9.17, 15) is 0 Å². The van der Waals surface area contributed by atoms with Crippen molar-refractivity contribution in [2.75, 3.05) is 29.9 Å². The fourth-order valence-corrected chi connectivity index (χ4v) is 2.13. The summed E-state index contributed by atoms with van der Waals surface area (Å²) in [5.41, 5.74) is 2.52. The average Bonchev–Trinajstić information content (AvgIpc) is 2.38. The van der Waals surface area contributed by atoms with Crippen LogP contribution < -0.4 is 10.2 Å². The highest BCUT2D eigenvalue weighted by Crippen LogP contribution is 2.21. The molecule has 0 saturated carbocycles. The highest BCUT2D eigenvalue weighted by molar-refractivity contribution is 5.55. The first-order chi connectivity index (χ1) is 7.90. The molecule has 0 unspecified atom stereocenters. The average molecular weight is 216 g/mol. The Labute approximate surface area is 98.0 Å². The van der Waals surface area contributed by atoms with E-state index >= 15 is 0 Å². The van der Waals surface area contributed by atoms with Crippen LogP contribution in [0.1, 0.15) is 19.3 Å². The summed E-state index contributed by atoms with van der Waals surface area (Å²) in [7, 11) is 0. The maximum atomic E-state index is 3.70. The predicted octanol–water partition coefficient (Wildman–Crippen LogP) is 3.27. The van der Waals surface area contributed by atoms with E-state index in [4.69, 9.17) is 0 Å². The lowest BCUT2D eigenvalue weighted by atomic mass is 10.1. The van der Waals surface area contributed by atoms with Gasteiger partial charge in [0.05, 0.1) is 0 Å². The van der Waals surface area contributed by atoms with Crippen LogP contribution in [0.15, 0.2) is 36.9 Å². The minimum absolute atomic E-state index is 0.822. The van der Waals surface area contributed by atoms with E-state index < -0.39 is 0 Å². The largest absolute Gasteiger partial charge is 0.382 e. The standard InChI is InChI=1S/C14H20N2/c1-2-10-15-13-6-8-14(9-7-13)16-11-4-3-5-12-16/h2,6-9,15H,1,3-5,10-12H2. The van der Waals surface area contributed by atoms with E-state index in [0.29, 0.717) is 0 Å². The summed E-state index contributed by atoms with van der Waals surface area (Å²) in [6.45, 7) is 6.93. The van der Waals surface area contributed by atoms with Gasteiger partial charge < -0.3 is 10.2 Å². The first-order valence-electron chi connectivity index (χ1n) is 6.10. The molecule has 86 valence electrons. The Morgan fingerprint density at radius 2 is 1.81 bits per heavy atom. The van der Waals surface area contributed by atoms with Crippen LogP contribution in [0.5, 0.6) is 0 Å². The molecule has 1 saturated heterocycles. The molecular formula is C14H20N2. The second-order valence-corrected chi connectivity index (χ2v) is 4.26. The minimum atomic E-state index is 0.822. The number of benzene rings is 1. The van der Waals surface area contributed by atoms with E-state index in [-0.39, 0.29) is 0 Å². The van der Waals surface area contributed by atoms with Crippen LogP contribution in [0.25, 0.3) is 0 Å². The molecule has 1 aliphatic heterocycles. The minimum Gasteiger partial charge on any atom is -0.382 e. The summed E-state index contributed by atoms with van der Waals surface area (Å²) in [6.07, 6.45) is 5.92. The van der Waals surface area contributed by atoms with Crippen molar-refractivity contribution in [1.29, 1.82) is 0 Å². The molecule has 0 spiro atoms. The fraction of sp³-hybridized carbons (Fsp3) is 0.429. The first-order valence-corrected chi connectivity index (χ1v) is 6.10. The molecule has 1 aromatic rings. The van der Waals surface area contributed by atoms with Gasteiger partial charge in [-0.3, -0.25) is 0 Å². The lowest BCUT2D eigenvalue weighted by molar-refractivity contribution is 0.578. The van der Waals surface area contributed by atoms with E-state index in [1.54, 1.807) is 0 Å². The molecule has 16 heavy (non-hydrogen) atoms. The quantitative estimate of drug-likeness (QED) is 0.777. The zero-order valence-electron chi connectivity index (χ0n) is 9.78. The van der Waals surface area contributed by atoms with Crippen LogP contribution in [0.4, 0.5) is 11.4 Å². The zero-order valence-corrected chi connectivity index (χ0v) is 9.78. The fourth-order valence-electron chi connectivity index (χ4n) is 2.13. The molecular weight excluding hydrogens is 196 g/mol. The van der Waals surface area contributed by atoms with Gasteiger partial charge in [-0.2, -0.15) is 0 Å². The third-order valence-corrected chi connectivity index (χ3v) is 3.04. The number of rotatable bonds is 4. The van der Waals surface area contributed by atoms with E-state index in [1.807, 2.05) is 6.08 Å². The number of hydrogen-bond donors (Lipinski definition) is 1. The van der Waals surface area contributed by atoms with Gasteiger partial charge in [-0.1, -0.05) is 6.08 Å². The first kappa shape index (κ1) is 11.1. The van der Waals surface area contributed by atoms with E-state index in [1.165, 1.54) is 43.7 Å². The van der Waals surface area contributed by atoms with Crippen molar-refractivity contribution >= 4 is 11.4 Å². The molecule has 2 nitrogen and oxygen atoms in total. The maximum Gasteiger partial charge on any atom is 0.0367 e. The molecule has 1 aliphatic rings. The topological polar surface area (TPSA) is 15.3 Å². The molecule has 1 aromatic carbocycles. The van der Waals surface area contributed by atoms with E-state index in [2.05, 4.69) is 41.1 Å². The van der Waals surface area contributed by atoms with Gasteiger partial charge in [-0.05, 0) is 43.5 Å². The Morgan fingerprint density at radius 3 is 2.44 bits per heavy atom. The van der Waals surface area contributed by atoms with Gasteiger partial charge in [-0.15, -0.1) is 6.58 Å². The van der Waals surface area contributed by atoms with Gasteiger partial charge in [-0.25, -0.2) is 0 Å². The Balaban J connectivity index is 1.97. The van der Waals surface area contributed by atoms with Crippen molar-refractivity contribution in [3.8, 4) is 0 Å². The van der Waals surface area contributed by atoms with Crippen molar-refractivity contribution < 1.29 is 0 Å². The van der Waals surface area contributed by atoms with Crippen molar-refractivity contribution in [3.63, 3.8) is 0 Å². The van der Waals surface area contributed by atoms with Gasteiger partial charge in [0.1, 0.15) is 0 Å². The molecule has 0 bridgehead atoms.